The fourth-order valence-corrected chi connectivity index (χ4v) is 3.85. The van der Waals surface area contributed by atoms with E-state index in [2.05, 4.69) is 20.2 Å². The molecule has 176 valence electrons. The van der Waals surface area contributed by atoms with Crippen molar-refractivity contribution >= 4 is 27.5 Å². The summed E-state index contributed by atoms with van der Waals surface area (Å²) in [7, 11) is -0.0235. The van der Waals surface area contributed by atoms with Gasteiger partial charge in [-0.05, 0) is 57.2 Å². The molecule has 3 rings (SSSR count). The molecule has 10 nitrogen and oxygen atoms in total. The van der Waals surface area contributed by atoms with Gasteiger partial charge in [0.05, 0.1) is 4.90 Å². The molecule has 0 radical (unpaired) electrons. The van der Waals surface area contributed by atoms with Gasteiger partial charge in [0.1, 0.15) is 12.1 Å². The zero-order valence-electron chi connectivity index (χ0n) is 19.1. The van der Waals surface area contributed by atoms with Gasteiger partial charge in [0.25, 0.3) is 10.0 Å². The molecule has 0 bridgehead atoms. The number of rotatable bonds is 7. The number of sulfonamides is 1. The Morgan fingerprint density at radius 3 is 2.45 bits per heavy atom. The molecule has 0 spiro atoms. The van der Waals surface area contributed by atoms with Crippen LogP contribution in [0.15, 0.2) is 57.9 Å². The van der Waals surface area contributed by atoms with Gasteiger partial charge in [-0.1, -0.05) is 17.3 Å². The Hall–Kier alpha value is -3.60. The van der Waals surface area contributed by atoms with E-state index in [1.165, 1.54) is 12.1 Å². The molecule has 0 aliphatic carbocycles. The molecule has 0 atom stereocenters. The zero-order valence-corrected chi connectivity index (χ0v) is 19.9. The number of carbonyl (C=O) groups excluding carboxylic acids is 1. The highest BCUT2D eigenvalue weighted by Gasteiger charge is 2.19. The van der Waals surface area contributed by atoms with Gasteiger partial charge < -0.3 is 19.5 Å². The number of hydrogen-bond acceptors (Lipinski definition) is 8. The molecular formula is C22H27N5O5S. The standard InChI is InChI=1S/C22H27N5O5S/c1-22(2,3)31-21(28)23-14-19-24-20(25-32-19)15-7-6-8-18(13-15)33(29,30)26-16-9-11-17(12-10-16)27(4)5/h6-13,26H,14H2,1-5H3,(H,23,28). The smallest absolute Gasteiger partial charge is 0.408 e. The van der Waals surface area contributed by atoms with Crippen molar-refractivity contribution in [3.8, 4) is 11.4 Å². The molecule has 0 unspecified atom stereocenters. The van der Waals surface area contributed by atoms with Crippen molar-refractivity contribution in [2.45, 2.75) is 37.8 Å². The molecule has 0 fully saturated rings. The quantitative estimate of drug-likeness (QED) is 0.533. The molecule has 0 aliphatic rings. The van der Waals surface area contributed by atoms with Crippen molar-refractivity contribution in [1.29, 1.82) is 0 Å². The second kappa shape index (κ2) is 9.49. The summed E-state index contributed by atoms with van der Waals surface area (Å²) in [5, 5.41) is 6.40. The normalized spacial score (nSPS) is 11.7. The van der Waals surface area contributed by atoms with E-state index in [9.17, 15) is 13.2 Å². The molecule has 2 N–H and O–H groups in total. The summed E-state index contributed by atoms with van der Waals surface area (Å²) in [6.45, 7) is 5.24. The van der Waals surface area contributed by atoms with Crippen molar-refractivity contribution in [2.75, 3.05) is 23.7 Å². The second-order valence-corrected chi connectivity index (χ2v) is 10.1. The Balaban J connectivity index is 1.71. The van der Waals surface area contributed by atoms with Gasteiger partial charge in [0.2, 0.25) is 11.7 Å². The van der Waals surface area contributed by atoms with E-state index in [0.29, 0.717) is 11.3 Å². The molecule has 1 heterocycles. The molecular weight excluding hydrogens is 446 g/mol. The highest BCUT2D eigenvalue weighted by Crippen LogP contribution is 2.23. The van der Waals surface area contributed by atoms with E-state index in [4.69, 9.17) is 9.26 Å². The van der Waals surface area contributed by atoms with E-state index in [-0.39, 0.29) is 23.2 Å². The molecule has 11 heteroatoms. The van der Waals surface area contributed by atoms with Crippen LogP contribution < -0.4 is 14.9 Å². The van der Waals surface area contributed by atoms with Gasteiger partial charge in [0, 0.05) is 31.0 Å². The summed E-state index contributed by atoms with van der Waals surface area (Å²) in [6.07, 6.45) is -0.611. The Labute approximate surface area is 193 Å². The Kier molecular flexibility index (Phi) is 6.92. The van der Waals surface area contributed by atoms with Crippen molar-refractivity contribution in [3.63, 3.8) is 0 Å². The zero-order chi connectivity index (χ0) is 24.2. The van der Waals surface area contributed by atoms with Crippen LogP contribution in [-0.4, -0.2) is 44.3 Å². The van der Waals surface area contributed by atoms with E-state index in [0.717, 1.165) is 5.69 Å². The minimum atomic E-state index is -3.83. The number of carbonyl (C=O) groups is 1. The van der Waals surface area contributed by atoms with Gasteiger partial charge >= 0.3 is 6.09 Å². The van der Waals surface area contributed by atoms with Gasteiger partial charge in [-0.3, -0.25) is 4.72 Å². The lowest BCUT2D eigenvalue weighted by atomic mass is 10.2. The molecule has 2 aromatic carbocycles. The third-order valence-corrected chi connectivity index (χ3v) is 5.67. The second-order valence-electron chi connectivity index (χ2n) is 8.44. The average Bonchev–Trinajstić information content (AvgIpc) is 3.20. The lowest BCUT2D eigenvalue weighted by Gasteiger charge is -2.19. The van der Waals surface area contributed by atoms with Crippen molar-refractivity contribution < 1.29 is 22.5 Å². The lowest BCUT2D eigenvalue weighted by Crippen LogP contribution is -2.32. The summed E-state index contributed by atoms with van der Waals surface area (Å²) in [6, 6.07) is 13.2. The van der Waals surface area contributed by atoms with E-state index in [1.54, 1.807) is 45.0 Å². The topological polar surface area (TPSA) is 127 Å². The van der Waals surface area contributed by atoms with Crippen molar-refractivity contribution in [2.24, 2.45) is 0 Å². The molecule has 1 amide bonds. The fraction of sp³-hybridized carbons (Fsp3) is 0.318. The first-order valence-corrected chi connectivity index (χ1v) is 11.6. The monoisotopic (exact) mass is 473 g/mol. The van der Waals surface area contributed by atoms with Crippen LogP contribution in [-0.2, 0) is 21.3 Å². The van der Waals surface area contributed by atoms with Crippen LogP contribution in [0.25, 0.3) is 11.4 Å². The van der Waals surface area contributed by atoms with Gasteiger partial charge in [-0.25, -0.2) is 13.2 Å². The average molecular weight is 474 g/mol. The molecule has 0 aliphatic heterocycles. The van der Waals surface area contributed by atoms with Crippen molar-refractivity contribution in [3.05, 3.63) is 54.4 Å². The summed E-state index contributed by atoms with van der Waals surface area (Å²) in [5.74, 6) is 0.353. The number of aromatic nitrogens is 2. The molecule has 1 aromatic heterocycles. The Morgan fingerprint density at radius 2 is 1.82 bits per heavy atom. The first kappa shape index (κ1) is 24.1. The number of benzene rings is 2. The van der Waals surface area contributed by atoms with E-state index < -0.39 is 21.7 Å². The van der Waals surface area contributed by atoms with Crippen LogP contribution >= 0.6 is 0 Å². The summed E-state index contributed by atoms with van der Waals surface area (Å²) in [4.78, 5) is 18.0. The minimum absolute atomic E-state index is 0.0234. The number of alkyl carbamates (subject to hydrolysis) is 1. The predicted octanol–water partition coefficient (Wildman–Crippen LogP) is 3.63. The van der Waals surface area contributed by atoms with E-state index in [1.807, 2.05) is 31.1 Å². The minimum Gasteiger partial charge on any atom is -0.444 e. The van der Waals surface area contributed by atoms with Crippen LogP contribution in [0.3, 0.4) is 0 Å². The van der Waals surface area contributed by atoms with Crippen LogP contribution in [0.2, 0.25) is 0 Å². The number of ether oxygens (including phenoxy) is 1. The van der Waals surface area contributed by atoms with Crippen LogP contribution in [0.1, 0.15) is 26.7 Å². The van der Waals surface area contributed by atoms with Gasteiger partial charge in [-0.15, -0.1) is 0 Å². The van der Waals surface area contributed by atoms with Crippen LogP contribution in [0.4, 0.5) is 16.2 Å². The lowest BCUT2D eigenvalue weighted by molar-refractivity contribution is 0.0518. The maximum atomic E-state index is 12.9. The number of anilines is 2. The summed E-state index contributed by atoms with van der Waals surface area (Å²) < 4.78 is 38.6. The summed E-state index contributed by atoms with van der Waals surface area (Å²) in [5.41, 5.74) is 1.22. The third kappa shape index (κ3) is 6.69. The van der Waals surface area contributed by atoms with Crippen LogP contribution in [0.5, 0.6) is 0 Å². The largest absolute Gasteiger partial charge is 0.444 e. The molecule has 0 saturated carbocycles. The van der Waals surface area contributed by atoms with E-state index >= 15 is 0 Å². The maximum absolute atomic E-state index is 12.9. The number of nitrogens with one attached hydrogen (secondary N) is 2. The number of nitrogens with zero attached hydrogens (tertiary/aromatic N) is 3. The molecule has 3 aromatic rings. The number of hydrogen-bond donors (Lipinski definition) is 2. The first-order valence-electron chi connectivity index (χ1n) is 10.1. The van der Waals surface area contributed by atoms with Gasteiger partial charge in [0.15, 0.2) is 0 Å². The third-order valence-electron chi connectivity index (χ3n) is 4.29. The maximum Gasteiger partial charge on any atom is 0.408 e. The number of amides is 1. The first-order chi connectivity index (χ1) is 15.4. The Morgan fingerprint density at radius 1 is 1.12 bits per heavy atom. The SMILES string of the molecule is CN(C)c1ccc(NS(=O)(=O)c2cccc(-c3noc(CNC(=O)OC(C)(C)C)n3)c2)cc1. The van der Waals surface area contributed by atoms with Crippen LogP contribution in [0, 0.1) is 0 Å². The van der Waals surface area contributed by atoms with Crippen molar-refractivity contribution in [1.82, 2.24) is 15.5 Å². The Bertz CT molecular complexity index is 1210. The highest BCUT2D eigenvalue weighted by molar-refractivity contribution is 7.92. The van der Waals surface area contributed by atoms with Gasteiger partial charge in [-0.2, -0.15) is 4.98 Å². The molecule has 0 saturated heterocycles. The summed E-state index contributed by atoms with van der Waals surface area (Å²) >= 11 is 0. The molecule has 33 heavy (non-hydrogen) atoms. The fourth-order valence-electron chi connectivity index (χ4n) is 2.75. The predicted molar refractivity (Wildman–Crippen MR) is 124 cm³/mol. The highest BCUT2D eigenvalue weighted by atomic mass is 32.2.